The minimum atomic E-state index is -0.680. The average molecular weight is 1910 g/mol. The lowest BCUT2D eigenvalue weighted by molar-refractivity contribution is -0.120. The average Bonchev–Trinajstić information content (AvgIpc) is 0.761. The summed E-state index contributed by atoms with van der Waals surface area (Å²) in [4.78, 5) is 158. The fourth-order valence-corrected chi connectivity index (χ4v) is 16.5. The zero-order chi connectivity index (χ0) is 101. The van der Waals surface area contributed by atoms with Crippen molar-refractivity contribution >= 4 is 115 Å². The van der Waals surface area contributed by atoms with Gasteiger partial charge in [-0.2, -0.15) is 5.26 Å². The van der Waals surface area contributed by atoms with E-state index in [1.807, 2.05) is 6.07 Å². The number of nitriles is 1. The van der Waals surface area contributed by atoms with Crippen molar-refractivity contribution in [2.75, 3.05) is 40.9 Å². The number of nitrogens with two attached hydrogens (primary N) is 1. The number of rotatable bonds is 15. The number of methoxy groups -OCH3 is 5. The summed E-state index contributed by atoms with van der Waals surface area (Å²) in [6.45, 7) is 7.61. The maximum Gasteiger partial charge on any atom is 0.338 e. The number of phenols is 5. The van der Waals surface area contributed by atoms with Crippen LogP contribution in [0.3, 0.4) is 0 Å². The van der Waals surface area contributed by atoms with Crippen molar-refractivity contribution in [3.8, 4) is 153 Å². The first-order chi connectivity index (χ1) is 68.9. The molecule has 5 heterocycles. The summed E-state index contributed by atoms with van der Waals surface area (Å²) in [7, 11) is 6.33. The standard InChI is InChI=1S/2C22H15NO6.2C22H13NO5.C22H14O7/c1-28-22(27)15-5-2-12(23-11-24)8-18(15)21-16-6-3-13(25)9-19(16)29-20-10-14(26)4-7-17(20)21;1-28-22(27)17-8-11(21(23)26)2-5-14(17)20-15-6-3-12(24)9-18(15)29-19-10-13(25)4-7-16(19)20;1-23-12-3-6-15(22(26)27-2)18(9-12)21-16-7-4-13(24)10-19(16)28-20-11-14(25)5-8-17(20)21;1-27-22(26)18-8-12(11-23)2-5-15(18)21-16-6-3-13(24)9-19(16)28-20-10-14(25)4-7-17(20)21;1-27-22(26)15-7-4-14(28-11-23)10-18(15)21-16-5-2-12(24)8-19(16)29-20-9-13(25)3-6-17(20)21/h2-11,25H,1H3,(H,23,24);2-10,24H,1H3,(H2,23,26);3-11,24H,2H3;2-10,24H,1H3;2-11,24H,1H3. The summed E-state index contributed by atoms with van der Waals surface area (Å²) in [5.74, 6) is -1.90. The molecule has 33 heteroatoms. The Labute approximate surface area is 804 Å². The number of phenolic OH excluding ortho intramolecular Hbond substituents is 5. The van der Waals surface area contributed by atoms with Gasteiger partial charge in [-0.05, 0) is 210 Å². The van der Waals surface area contributed by atoms with E-state index < -0.39 is 35.8 Å². The third kappa shape index (κ3) is 19.4. The Balaban J connectivity index is 0.000000128. The zero-order valence-corrected chi connectivity index (χ0v) is 75.1. The van der Waals surface area contributed by atoms with Crippen LogP contribution in [0.4, 0.5) is 11.4 Å². The van der Waals surface area contributed by atoms with Crippen LogP contribution in [0.1, 0.15) is 67.7 Å². The molecule has 0 fully saturated rings. The van der Waals surface area contributed by atoms with Gasteiger partial charge in [-0.25, -0.2) is 28.8 Å². The number of esters is 5. The molecule has 0 aromatic heterocycles. The molecule has 5 aliphatic heterocycles. The predicted octanol–water partition coefficient (Wildman–Crippen LogP) is 18.9. The molecule has 0 bridgehead atoms. The number of hydrogen-bond donors (Lipinski definition) is 7. The van der Waals surface area contributed by atoms with Crippen molar-refractivity contribution in [2.24, 2.45) is 5.73 Å². The second kappa shape index (κ2) is 40.5. The van der Waals surface area contributed by atoms with E-state index in [4.69, 9.17) is 62.8 Å². The Bertz CT molecular complexity index is 8690. The summed E-state index contributed by atoms with van der Waals surface area (Å²) in [5.41, 5.74) is 16.7. The molecule has 2 amide bonds. The molecule has 8 N–H and O–H groups in total. The fourth-order valence-electron chi connectivity index (χ4n) is 16.5. The number of primary amides is 1. The van der Waals surface area contributed by atoms with Gasteiger partial charge in [0.15, 0.2) is 32.8 Å². The predicted molar refractivity (Wildman–Crippen MR) is 524 cm³/mol. The molecule has 20 rings (SSSR count). The van der Waals surface area contributed by atoms with E-state index in [1.54, 1.807) is 115 Å². The Morgan fingerprint density at radius 1 is 0.336 bits per heavy atom. The molecule has 704 valence electrons. The van der Waals surface area contributed by atoms with E-state index in [9.17, 15) is 93.1 Å². The van der Waals surface area contributed by atoms with Crippen LogP contribution >= 0.6 is 0 Å². The molecule has 10 aromatic carbocycles. The number of hydrogen-bond acceptors (Lipinski definition) is 30. The highest BCUT2D eigenvalue weighted by atomic mass is 16.5. The number of nitrogens with zero attached hydrogens (tertiary/aromatic N) is 2. The molecule has 143 heavy (non-hydrogen) atoms. The van der Waals surface area contributed by atoms with Crippen LogP contribution in [0.5, 0.6) is 34.5 Å². The van der Waals surface area contributed by atoms with Gasteiger partial charge in [0.2, 0.25) is 12.3 Å². The molecule has 0 radical (unpaired) electrons. The van der Waals surface area contributed by atoms with Crippen LogP contribution in [0.15, 0.2) is 319 Å². The van der Waals surface area contributed by atoms with Gasteiger partial charge in [0.1, 0.15) is 91.2 Å². The maximum atomic E-state index is 12.5. The van der Waals surface area contributed by atoms with Crippen LogP contribution in [0.25, 0.3) is 172 Å². The number of benzene rings is 15. The number of aromatic hydroxyl groups is 5. The van der Waals surface area contributed by atoms with E-state index >= 15 is 0 Å². The SMILES string of the molecule is COC(=O)c1cc(C#N)ccc1-c1c2ccc(=O)cc-2oc2cc(O)ccc12.COC(=O)c1cc(C(N)=O)ccc1-c1c2ccc(=O)cc-2oc2cc(O)ccc12.COC(=O)c1ccc(NC=O)cc1-c1c2ccc(=O)cc-2oc2cc(O)ccc12.COC(=O)c1ccc(OC=O)cc1-c1c2ccc(=O)cc-2oc2cc(O)ccc12.[C-]#[N+]c1ccc(C(=O)OC)c(-c2c3ccc(=O)cc-3oc3cc(O)ccc23)c1. The number of anilines is 1. The van der Waals surface area contributed by atoms with Gasteiger partial charge in [-0.15, -0.1) is 0 Å². The second-order valence-corrected chi connectivity index (χ2v) is 31.3. The van der Waals surface area contributed by atoms with Gasteiger partial charge in [0.25, 0.3) is 6.47 Å². The largest absolute Gasteiger partial charge is 0.508 e. The Morgan fingerprint density at radius 3 is 0.958 bits per heavy atom. The molecular formula is C110H70N4O29. The van der Waals surface area contributed by atoms with Gasteiger partial charge in [-0.1, -0.05) is 24.3 Å². The Morgan fingerprint density at radius 2 is 0.636 bits per heavy atom. The maximum absolute atomic E-state index is 12.5. The molecule has 10 aromatic rings. The van der Waals surface area contributed by atoms with Gasteiger partial charge >= 0.3 is 29.8 Å². The lowest BCUT2D eigenvalue weighted by Crippen LogP contribution is -2.13. The number of carbonyl (C=O) groups is 8. The van der Waals surface area contributed by atoms with Crippen molar-refractivity contribution in [1.29, 1.82) is 5.26 Å². The van der Waals surface area contributed by atoms with Gasteiger partial charge in [-0.3, -0.25) is 38.4 Å². The Hall–Kier alpha value is -20.6. The van der Waals surface area contributed by atoms with E-state index in [0.29, 0.717) is 185 Å². The van der Waals surface area contributed by atoms with Gasteiger partial charge in [0.05, 0.1) is 81.6 Å². The summed E-state index contributed by atoms with van der Waals surface area (Å²) >= 11 is 0. The first kappa shape index (κ1) is 95.5. The third-order valence-electron chi connectivity index (χ3n) is 22.8. The van der Waals surface area contributed by atoms with Crippen molar-refractivity contribution in [3.63, 3.8) is 0 Å². The van der Waals surface area contributed by atoms with Crippen molar-refractivity contribution in [3.05, 3.63) is 374 Å². The van der Waals surface area contributed by atoms with Crippen LogP contribution in [-0.2, 0) is 33.3 Å². The molecule has 33 nitrogen and oxygen atoms in total. The van der Waals surface area contributed by atoms with Crippen LogP contribution in [-0.4, -0.2) is 110 Å². The topological polar surface area (TPSA) is 510 Å². The first-order valence-corrected chi connectivity index (χ1v) is 42.4. The van der Waals surface area contributed by atoms with E-state index in [2.05, 4.69) is 10.2 Å². The van der Waals surface area contributed by atoms with E-state index in [1.165, 1.54) is 193 Å². The number of amides is 2. The number of fused-ring (bicyclic) bond motifs is 10. The lowest BCUT2D eigenvalue weighted by Gasteiger charge is -2.18. The quantitative estimate of drug-likeness (QED) is 0.0165. The highest BCUT2D eigenvalue weighted by Gasteiger charge is 2.31. The molecule has 0 unspecified atom stereocenters. The van der Waals surface area contributed by atoms with Crippen molar-refractivity contribution in [1.82, 2.24) is 0 Å². The highest BCUT2D eigenvalue weighted by molar-refractivity contribution is 6.15. The molecule has 0 atom stereocenters. The molecule has 5 aliphatic carbocycles. The highest BCUT2D eigenvalue weighted by Crippen LogP contribution is 2.50. The number of nitrogens with one attached hydrogen (secondary N) is 1. The normalized spacial score (nSPS) is 10.8. The monoisotopic (exact) mass is 1910 g/mol. The minimum absolute atomic E-state index is 0.00271. The first-order valence-electron chi connectivity index (χ1n) is 42.4. The molecular weight excluding hydrogens is 1840 g/mol. The number of carbonyl (C=O) groups excluding carboxylic acids is 8. The van der Waals surface area contributed by atoms with E-state index in [-0.39, 0.29) is 107 Å². The summed E-state index contributed by atoms with van der Waals surface area (Å²) < 4.78 is 58.5. The fraction of sp³-hybridized carbons (Fsp3) is 0.0455. The van der Waals surface area contributed by atoms with Crippen molar-refractivity contribution < 1.29 is 114 Å². The molecule has 0 saturated carbocycles. The zero-order valence-electron chi connectivity index (χ0n) is 75.1. The molecule has 0 saturated heterocycles. The molecule has 10 aliphatic rings. The van der Waals surface area contributed by atoms with Crippen molar-refractivity contribution in [2.45, 2.75) is 0 Å². The van der Waals surface area contributed by atoms with Gasteiger partial charge < -0.3 is 87.1 Å². The number of ether oxygens (including phenoxy) is 6. The second-order valence-electron chi connectivity index (χ2n) is 31.3. The van der Waals surface area contributed by atoms with E-state index in [0.717, 1.165) is 0 Å². The summed E-state index contributed by atoms with van der Waals surface area (Å²) in [6, 6.07) is 69.9. The summed E-state index contributed by atoms with van der Waals surface area (Å²) in [6.07, 6.45) is 0.537. The minimum Gasteiger partial charge on any atom is -0.508 e. The van der Waals surface area contributed by atoms with Gasteiger partial charge in [0, 0.05) is 160 Å². The smallest absolute Gasteiger partial charge is 0.338 e. The van der Waals surface area contributed by atoms with Crippen LogP contribution < -0.4 is 42.9 Å². The van der Waals surface area contributed by atoms with Crippen LogP contribution in [0, 0.1) is 17.9 Å². The third-order valence-corrected chi connectivity index (χ3v) is 22.8. The Kier molecular flexibility index (Phi) is 27.1. The summed E-state index contributed by atoms with van der Waals surface area (Å²) in [5, 5.41) is 64.1. The van der Waals surface area contributed by atoms with Crippen LogP contribution in [0.2, 0.25) is 0 Å². The lowest BCUT2D eigenvalue weighted by atomic mass is 9.90. The molecule has 0 spiro atoms.